The first-order valence-corrected chi connectivity index (χ1v) is 12.6. The maximum atomic E-state index is 2.59. The molecular weight excluding hydrogens is 408 g/mol. The standard InChI is InChI=1S/C34H32/c1-23-12-4-11-19-32(23)34(2,3)33-22-24(25-13-5-10-18-31(25)33)20-21-30-28-16-8-6-14-26(28)27-15-7-9-17-29(27)30/h4-19,22,24,30H,20-21H2,1-3H3. The Morgan fingerprint density at radius 2 is 1.12 bits per heavy atom. The molecule has 0 fully saturated rings. The summed E-state index contributed by atoms with van der Waals surface area (Å²) in [6, 6.07) is 36.0. The summed E-state index contributed by atoms with van der Waals surface area (Å²) in [5.74, 6) is 0.954. The molecule has 0 saturated heterocycles. The van der Waals surface area contributed by atoms with Gasteiger partial charge in [-0.2, -0.15) is 0 Å². The summed E-state index contributed by atoms with van der Waals surface area (Å²) in [5.41, 5.74) is 13.0. The van der Waals surface area contributed by atoms with Crippen molar-refractivity contribution in [3.8, 4) is 11.1 Å². The minimum Gasteiger partial charge on any atom is -0.0723 e. The van der Waals surface area contributed by atoms with Crippen molar-refractivity contribution in [2.24, 2.45) is 0 Å². The van der Waals surface area contributed by atoms with Gasteiger partial charge in [0.15, 0.2) is 0 Å². The van der Waals surface area contributed by atoms with Crippen LogP contribution in [0.1, 0.15) is 71.9 Å². The Balaban J connectivity index is 1.35. The van der Waals surface area contributed by atoms with E-state index < -0.39 is 0 Å². The molecule has 2 aliphatic rings. The lowest BCUT2D eigenvalue weighted by Gasteiger charge is -2.30. The normalized spacial score (nSPS) is 16.7. The fourth-order valence-corrected chi connectivity index (χ4v) is 6.57. The van der Waals surface area contributed by atoms with Crippen LogP contribution < -0.4 is 0 Å². The van der Waals surface area contributed by atoms with Crippen LogP contribution in [0, 0.1) is 6.92 Å². The Morgan fingerprint density at radius 1 is 0.588 bits per heavy atom. The molecule has 1 atom stereocenters. The fourth-order valence-electron chi connectivity index (χ4n) is 6.57. The van der Waals surface area contributed by atoms with Gasteiger partial charge in [-0.1, -0.05) is 117 Å². The predicted octanol–water partition coefficient (Wildman–Crippen LogP) is 9.05. The monoisotopic (exact) mass is 440 g/mol. The third-order valence-corrected chi connectivity index (χ3v) is 8.24. The van der Waals surface area contributed by atoms with Crippen molar-refractivity contribution in [2.45, 2.75) is 50.9 Å². The number of benzene rings is 4. The third-order valence-electron chi connectivity index (χ3n) is 8.24. The summed E-state index contributed by atoms with van der Waals surface area (Å²) >= 11 is 0. The molecule has 4 aromatic carbocycles. The van der Waals surface area contributed by atoms with E-state index >= 15 is 0 Å². The molecule has 0 heteroatoms. The van der Waals surface area contributed by atoms with E-state index in [4.69, 9.17) is 0 Å². The van der Waals surface area contributed by atoms with Crippen LogP contribution in [0.2, 0.25) is 0 Å². The highest BCUT2D eigenvalue weighted by Crippen LogP contribution is 2.51. The predicted molar refractivity (Wildman–Crippen MR) is 144 cm³/mol. The molecule has 0 aliphatic heterocycles. The van der Waals surface area contributed by atoms with Gasteiger partial charge in [0.05, 0.1) is 0 Å². The molecule has 0 bridgehead atoms. The van der Waals surface area contributed by atoms with Crippen molar-refractivity contribution >= 4 is 5.57 Å². The van der Waals surface area contributed by atoms with Crippen molar-refractivity contribution in [3.63, 3.8) is 0 Å². The highest BCUT2D eigenvalue weighted by Gasteiger charge is 2.35. The van der Waals surface area contributed by atoms with Crippen molar-refractivity contribution in [1.29, 1.82) is 0 Å². The van der Waals surface area contributed by atoms with Crippen LogP contribution in [0.15, 0.2) is 103 Å². The van der Waals surface area contributed by atoms with E-state index in [9.17, 15) is 0 Å². The third kappa shape index (κ3) is 3.28. The maximum absolute atomic E-state index is 2.59. The molecule has 0 radical (unpaired) electrons. The van der Waals surface area contributed by atoms with E-state index in [1.54, 1.807) is 0 Å². The molecule has 1 unspecified atom stereocenters. The lowest BCUT2D eigenvalue weighted by atomic mass is 9.74. The highest BCUT2D eigenvalue weighted by atomic mass is 14.4. The van der Waals surface area contributed by atoms with Crippen LogP contribution >= 0.6 is 0 Å². The Kier molecular flexibility index (Phi) is 5.06. The average molecular weight is 441 g/mol. The number of fused-ring (bicyclic) bond motifs is 4. The molecule has 168 valence electrons. The second-order valence-corrected chi connectivity index (χ2v) is 10.5. The van der Waals surface area contributed by atoms with Crippen LogP contribution in [0.25, 0.3) is 16.7 Å². The first-order chi connectivity index (χ1) is 16.6. The molecule has 0 saturated carbocycles. The van der Waals surface area contributed by atoms with Crippen LogP contribution in [0.4, 0.5) is 0 Å². The smallest absolute Gasteiger partial charge is 0.0152 e. The Labute approximate surface area is 204 Å². The summed E-state index contributed by atoms with van der Waals surface area (Å²) in [6.07, 6.45) is 4.92. The maximum Gasteiger partial charge on any atom is 0.0152 e. The summed E-state index contributed by atoms with van der Waals surface area (Å²) in [6.45, 7) is 7.03. The van der Waals surface area contributed by atoms with Crippen molar-refractivity contribution in [3.05, 3.63) is 137 Å². The summed E-state index contributed by atoms with van der Waals surface area (Å²) in [5, 5.41) is 0. The molecule has 34 heavy (non-hydrogen) atoms. The van der Waals surface area contributed by atoms with Crippen molar-refractivity contribution in [1.82, 2.24) is 0 Å². The van der Waals surface area contributed by atoms with E-state index in [0.29, 0.717) is 11.8 Å². The molecule has 0 N–H and O–H groups in total. The Hall–Kier alpha value is -3.38. The molecule has 0 spiro atoms. The average Bonchev–Trinajstić information content (AvgIpc) is 3.39. The lowest BCUT2D eigenvalue weighted by molar-refractivity contribution is 0.632. The second-order valence-electron chi connectivity index (χ2n) is 10.5. The van der Waals surface area contributed by atoms with E-state index in [0.717, 1.165) is 6.42 Å². The van der Waals surface area contributed by atoms with E-state index in [1.807, 2.05) is 0 Å². The van der Waals surface area contributed by atoms with Crippen molar-refractivity contribution in [2.75, 3.05) is 0 Å². The SMILES string of the molecule is Cc1ccccc1C(C)(C)C1=CC(CCC2c3ccccc3-c3ccccc32)c2ccccc21. The molecule has 0 amide bonds. The minimum absolute atomic E-state index is 0.0250. The van der Waals surface area contributed by atoms with E-state index in [-0.39, 0.29) is 5.41 Å². The van der Waals surface area contributed by atoms with Crippen LogP contribution in [0.3, 0.4) is 0 Å². The largest absolute Gasteiger partial charge is 0.0723 e. The van der Waals surface area contributed by atoms with Crippen LogP contribution in [-0.2, 0) is 5.41 Å². The van der Waals surface area contributed by atoms with Gasteiger partial charge in [-0.15, -0.1) is 0 Å². The minimum atomic E-state index is -0.0250. The van der Waals surface area contributed by atoms with E-state index in [2.05, 4.69) is 124 Å². The molecule has 0 aromatic heterocycles. The van der Waals surface area contributed by atoms with Gasteiger partial charge >= 0.3 is 0 Å². The second kappa shape index (κ2) is 8.13. The van der Waals surface area contributed by atoms with Gasteiger partial charge in [0, 0.05) is 17.3 Å². The number of allylic oxidation sites excluding steroid dienone is 2. The molecule has 6 rings (SSSR count). The zero-order valence-corrected chi connectivity index (χ0v) is 20.4. The Morgan fingerprint density at radius 3 is 1.76 bits per heavy atom. The van der Waals surface area contributed by atoms with Gasteiger partial charge in [-0.05, 0) is 69.8 Å². The fraction of sp³-hybridized carbons (Fsp3) is 0.235. The number of hydrogen-bond acceptors (Lipinski definition) is 0. The van der Waals surface area contributed by atoms with E-state index in [1.165, 1.54) is 56.5 Å². The molecule has 4 aromatic rings. The quantitative estimate of drug-likeness (QED) is 0.290. The van der Waals surface area contributed by atoms with Gasteiger partial charge < -0.3 is 0 Å². The topological polar surface area (TPSA) is 0 Å². The first-order valence-electron chi connectivity index (χ1n) is 12.6. The van der Waals surface area contributed by atoms with Gasteiger partial charge in [-0.25, -0.2) is 0 Å². The molecule has 0 nitrogen and oxygen atoms in total. The number of aryl methyl sites for hydroxylation is 1. The first kappa shape index (κ1) is 21.2. The summed E-state index contributed by atoms with van der Waals surface area (Å²) < 4.78 is 0. The van der Waals surface area contributed by atoms with Crippen LogP contribution in [-0.4, -0.2) is 0 Å². The Bertz CT molecular complexity index is 1360. The molecular formula is C34H32. The summed E-state index contributed by atoms with van der Waals surface area (Å²) in [7, 11) is 0. The zero-order chi connectivity index (χ0) is 23.3. The highest BCUT2D eigenvalue weighted by molar-refractivity contribution is 5.82. The number of rotatable bonds is 5. The molecule has 2 aliphatic carbocycles. The van der Waals surface area contributed by atoms with Gasteiger partial charge in [-0.3, -0.25) is 0 Å². The zero-order valence-electron chi connectivity index (χ0n) is 20.4. The molecule has 0 heterocycles. The van der Waals surface area contributed by atoms with Gasteiger partial charge in [0.1, 0.15) is 0 Å². The van der Waals surface area contributed by atoms with Gasteiger partial charge in [0.2, 0.25) is 0 Å². The number of hydrogen-bond donors (Lipinski definition) is 0. The summed E-state index contributed by atoms with van der Waals surface area (Å²) in [4.78, 5) is 0. The van der Waals surface area contributed by atoms with Crippen molar-refractivity contribution < 1.29 is 0 Å². The van der Waals surface area contributed by atoms with Crippen LogP contribution in [0.5, 0.6) is 0 Å². The van der Waals surface area contributed by atoms with Gasteiger partial charge in [0.25, 0.3) is 0 Å². The lowest BCUT2D eigenvalue weighted by Crippen LogP contribution is -2.20.